The van der Waals surface area contributed by atoms with Crippen LogP contribution in [-0.4, -0.2) is 10.2 Å². The van der Waals surface area contributed by atoms with Gasteiger partial charge in [0, 0.05) is 11.1 Å². The summed E-state index contributed by atoms with van der Waals surface area (Å²) >= 11 is 11.4. The Morgan fingerprint density at radius 1 is 1.06 bits per heavy atom. The van der Waals surface area contributed by atoms with Crippen molar-refractivity contribution in [1.82, 2.24) is 10.2 Å². The molecule has 0 saturated carbocycles. The van der Waals surface area contributed by atoms with Gasteiger partial charge in [0.05, 0.1) is 0 Å². The molecule has 0 saturated heterocycles. The Labute approximate surface area is 103 Å². The second kappa shape index (κ2) is 5.14. The highest BCUT2D eigenvalue weighted by Crippen LogP contribution is 2.14. The molecule has 0 aliphatic carbocycles. The van der Waals surface area contributed by atoms with Gasteiger partial charge in [-0.2, -0.15) is 0 Å². The predicted octanol–water partition coefficient (Wildman–Crippen LogP) is 3.36. The second-order valence-electron chi connectivity index (χ2n) is 3.11. The lowest BCUT2D eigenvalue weighted by Gasteiger charge is -2.04. The fraction of sp³-hybridized carbons (Fsp3) is 0.0909. The van der Waals surface area contributed by atoms with Gasteiger partial charge in [-0.3, -0.25) is 0 Å². The first-order valence-corrected chi connectivity index (χ1v) is 5.36. The molecule has 1 heterocycles. The minimum absolute atomic E-state index is 0.343. The van der Waals surface area contributed by atoms with Crippen molar-refractivity contribution in [3.05, 3.63) is 52.1 Å². The van der Waals surface area contributed by atoms with E-state index in [1.54, 1.807) is 12.1 Å². The summed E-state index contributed by atoms with van der Waals surface area (Å²) < 4.78 is 5.41. The van der Waals surface area contributed by atoms with E-state index < -0.39 is 0 Å². The molecule has 0 unspecified atom stereocenters. The molecule has 0 fully saturated rings. The molecule has 0 aliphatic heterocycles. The van der Waals surface area contributed by atoms with Gasteiger partial charge in [-0.05, 0) is 23.8 Å². The van der Waals surface area contributed by atoms with Gasteiger partial charge in [-0.15, -0.1) is 10.2 Å². The largest absolute Gasteiger partial charge is 0.472 e. The maximum absolute atomic E-state index is 5.85. The molecule has 2 rings (SSSR count). The van der Waals surface area contributed by atoms with Gasteiger partial charge in [-0.25, -0.2) is 0 Å². The van der Waals surface area contributed by atoms with E-state index >= 15 is 0 Å². The zero-order valence-corrected chi connectivity index (χ0v) is 9.74. The summed E-state index contributed by atoms with van der Waals surface area (Å²) in [5, 5.41) is 8.48. The first kappa shape index (κ1) is 11.2. The van der Waals surface area contributed by atoms with Crippen LogP contribution in [0.2, 0.25) is 10.2 Å². The molecular weight excluding hydrogens is 247 g/mol. The molecule has 0 atom stereocenters. The summed E-state index contributed by atoms with van der Waals surface area (Å²) in [5.41, 5.74) is 0.976. The van der Waals surface area contributed by atoms with Crippen LogP contribution < -0.4 is 4.74 Å². The Balaban J connectivity index is 1.99. The summed E-state index contributed by atoms with van der Waals surface area (Å²) in [6, 6.07) is 10.7. The van der Waals surface area contributed by atoms with Gasteiger partial charge in [0.2, 0.25) is 5.88 Å². The average Bonchev–Trinajstić information content (AvgIpc) is 2.28. The minimum atomic E-state index is 0.343. The van der Waals surface area contributed by atoms with E-state index in [4.69, 9.17) is 27.9 Å². The molecule has 0 bridgehead atoms. The normalized spacial score (nSPS) is 10.1. The minimum Gasteiger partial charge on any atom is -0.472 e. The number of ether oxygens (including phenoxy) is 1. The van der Waals surface area contributed by atoms with Crippen molar-refractivity contribution in [3.63, 3.8) is 0 Å². The number of halogens is 2. The Morgan fingerprint density at radius 2 is 1.94 bits per heavy atom. The van der Waals surface area contributed by atoms with E-state index in [0.29, 0.717) is 22.7 Å². The number of aromatic nitrogens is 2. The van der Waals surface area contributed by atoms with Crippen LogP contribution >= 0.6 is 23.2 Å². The lowest BCUT2D eigenvalue weighted by molar-refractivity contribution is 0.290. The molecule has 1 aromatic heterocycles. The molecular formula is C11H8Cl2N2O. The molecule has 1 aromatic carbocycles. The zero-order valence-electron chi connectivity index (χ0n) is 8.23. The molecule has 0 N–H and O–H groups in total. The standard InChI is InChI=1S/C11H8Cl2N2O/c12-9-3-1-2-8(6-9)7-16-11-5-4-10(13)14-15-11/h1-6H,7H2. The van der Waals surface area contributed by atoms with Crippen molar-refractivity contribution in [2.75, 3.05) is 0 Å². The van der Waals surface area contributed by atoms with Gasteiger partial charge in [0.25, 0.3) is 0 Å². The highest BCUT2D eigenvalue weighted by molar-refractivity contribution is 6.30. The third kappa shape index (κ3) is 3.08. The lowest BCUT2D eigenvalue weighted by atomic mass is 10.2. The van der Waals surface area contributed by atoms with Crippen LogP contribution in [-0.2, 0) is 6.61 Å². The summed E-state index contributed by atoms with van der Waals surface area (Å²) in [6.07, 6.45) is 0. The first-order chi connectivity index (χ1) is 7.74. The lowest BCUT2D eigenvalue weighted by Crippen LogP contribution is -1.97. The molecule has 16 heavy (non-hydrogen) atoms. The van der Waals surface area contributed by atoms with Crippen molar-refractivity contribution in [2.45, 2.75) is 6.61 Å². The van der Waals surface area contributed by atoms with Crippen molar-refractivity contribution >= 4 is 23.2 Å². The monoisotopic (exact) mass is 254 g/mol. The van der Waals surface area contributed by atoms with E-state index in [1.807, 2.05) is 24.3 Å². The molecule has 0 aliphatic rings. The Bertz CT molecular complexity index is 474. The van der Waals surface area contributed by atoms with Gasteiger partial charge in [-0.1, -0.05) is 35.3 Å². The van der Waals surface area contributed by atoms with Crippen LogP contribution in [0.25, 0.3) is 0 Å². The molecule has 0 radical (unpaired) electrons. The maximum atomic E-state index is 5.85. The van der Waals surface area contributed by atoms with Gasteiger partial charge in [0.1, 0.15) is 6.61 Å². The SMILES string of the molecule is Clc1cccc(COc2ccc(Cl)nn2)c1. The summed E-state index contributed by atoms with van der Waals surface area (Å²) in [5.74, 6) is 0.435. The number of rotatable bonds is 3. The molecule has 5 heteroatoms. The van der Waals surface area contributed by atoms with E-state index in [0.717, 1.165) is 5.56 Å². The summed E-state index contributed by atoms with van der Waals surface area (Å²) in [6.45, 7) is 0.400. The third-order valence-electron chi connectivity index (χ3n) is 1.88. The molecule has 0 amide bonds. The predicted molar refractivity (Wildman–Crippen MR) is 62.8 cm³/mol. The smallest absolute Gasteiger partial charge is 0.233 e. The fourth-order valence-corrected chi connectivity index (χ4v) is 1.48. The van der Waals surface area contributed by atoms with E-state index in [-0.39, 0.29) is 0 Å². The Morgan fingerprint density at radius 3 is 2.62 bits per heavy atom. The van der Waals surface area contributed by atoms with Crippen molar-refractivity contribution in [1.29, 1.82) is 0 Å². The van der Waals surface area contributed by atoms with Crippen LogP contribution in [0.1, 0.15) is 5.56 Å². The summed E-state index contributed by atoms with van der Waals surface area (Å²) in [4.78, 5) is 0. The van der Waals surface area contributed by atoms with Gasteiger partial charge < -0.3 is 4.74 Å². The number of benzene rings is 1. The highest BCUT2D eigenvalue weighted by atomic mass is 35.5. The topological polar surface area (TPSA) is 35.0 Å². The van der Waals surface area contributed by atoms with Crippen LogP contribution in [0, 0.1) is 0 Å². The number of nitrogens with zero attached hydrogens (tertiary/aromatic N) is 2. The third-order valence-corrected chi connectivity index (χ3v) is 2.32. The van der Waals surface area contributed by atoms with Crippen molar-refractivity contribution in [3.8, 4) is 5.88 Å². The van der Waals surface area contributed by atoms with Gasteiger partial charge in [0.15, 0.2) is 5.15 Å². The Kier molecular flexibility index (Phi) is 3.59. The maximum Gasteiger partial charge on any atom is 0.233 e. The number of hydrogen-bond acceptors (Lipinski definition) is 3. The van der Waals surface area contributed by atoms with E-state index in [2.05, 4.69) is 10.2 Å². The van der Waals surface area contributed by atoms with E-state index in [9.17, 15) is 0 Å². The van der Waals surface area contributed by atoms with Gasteiger partial charge >= 0.3 is 0 Å². The van der Waals surface area contributed by atoms with Crippen LogP contribution in [0.15, 0.2) is 36.4 Å². The molecule has 82 valence electrons. The Hall–Kier alpha value is -1.32. The first-order valence-electron chi connectivity index (χ1n) is 4.60. The molecule has 2 aromatic rings. The van der Waals surface area contributed by atoms with Crippen LogP contribution in [0.3, 0.4) is 0 Å². The van der Waals surface area contributed by atoms with Crippen molar-refractivity contribution in [2.24, 2.45) is 0 Å². The van der Waals surface area contributed by atoms with E-state index in [1.165, 1.54) is 0 Å². The average molecular weight is 255 g/mol. The molecule has 3 nitrogen and oxygen atoms in total. The highest BCUT2D eigenvalue weighted by Gasteiger charge is 1.98. The van der Waals surface area contributed by atoms with Crippen molar-refractivity contribution < 1.29 is 4.74 Å². The zero-order chi connectivity index (χ0) is 11.4. The fourth-order valence-electron chi connectivity index (χ4n) is 1.16. The number of hydrogen-bond donors (Lipinski definition) is 0. The van der Waals surface area contributed by atoms with Crippen LogP contribution in [0.4, 0.5) is 0 Å². The second-order valence-corrected chi connectivity index (χ2v) is 3.94. The quantitative estimate of drug-likeness (QED) is 0.843. The molecule has 0 spiro atoms. The van der Waals surface area contributed by atoms with Crippen LogP contribution in [0.5, 0.6) is 5.88 Å². The summed E-state index contributed by atoms with van der Waals surface area (Å²) in [7, 11) is 0.